The van der Waals surface area contributed by atoms with Crippen LogP contribution in [0.1, 0.15) is 33.4 Å². The highest BCUT2D eigenvalue weighted by molar-refractivity contribution is 5.76. The number of nitrogens with zero attached hydrogens (tertiary/aromatic N) is 2. The topological polar surface area (TPSA) is 37.3 Å². The Balaban J connectivity index is 2.61. The zero-order valence-electron chi connectivity index (χ0n) is 11.9. The van der Waals surface area contributed by atoms with Crippen molar-refractivity contribution in [2.24, 2.45) is 0 Å². The summed E-state index contributed by atoms with van der Waals surface area (Å²) >= 11 is 0. The van der Waals surface area contributed by atoms with Crippen LogP contribution in [0.15, 0.2) is 18.3 Å². The minimum absolute atomic E-state index is 0.182. The van der Waals surface area contributed by atoms with E-state index >= 15 is 0 Å². The lowest BCUT2D eigenvalue weighted by Gasteiger charge is -2.20. The largest absolute Gasteiger partial charge is 0.342 e. The van der Waals surface area contributed by atoms with Gasteiger partial charge < -0.3 is 14.8 Å². The number of amides is 1. The Morgan fingerprint density at radius 3 is 2.61 bits per heavy atom. The molecule has 1 aromatic rings. The van der Waals surface area contributed by atoms with E-state index in [1.165, 1.54) is 0 Å². The maximum atomic E-state index is 12.0. The lowest BCUT2D eigenvalue weighted by Crippen LogP contribution is -2.34. The third-order valence-electron chi connectivity index (χ3n) is 3.04. The molecule has 1 amide bonds. The quantitative estimate of drug-likeness (QED) is 0.803. The molecule has 1 heterocycles. The predicted molar refractivity (Wildman–Crippen MR) is 74.3 cm³/mol. The maximum absolute atomic E-state index is 12.0. The van der Waals surface area contributed by atoms with Crippen molar-refractivity contribution in [3.8, 4) is 0 Å². The smallest absolute Gasteiger partial charge is 0.242 e. The van der Waals surface area contributed by atoms with Crippen LogP contribution in [0.4, 0.5) is 0 Å². The SMILES string of the molecule is CCN(CC)C(=O)Cn1cccc1CNC(C)C. The molecule has 102 valence electrons. The molecule has 0 aliphatic rings. The van der Waals surface area contributed by atoms with E-state index in [4.69, 9.17) is 0 Å². The fraction of sp³-hybridized carbons (Fsp3) is 0.643. The van der Waals surface area contributed by atoms with E-state index in [9.17, 15) is 4.79 Å². The number of aromatic nitrogens is 1. The zero-order chi connectivity index (χ0) is 13.5. The van der Waals surface area contributed by atoms with Crippen LogP contribution in [0.25, 0.3) is 0 Å². The van der Waals surface area contributed by atoms with Gasteiger partial charge in [0.15, 0.2) is 0 Å². The molecule has 1 rings (SSSR count). The van der Waals surface area contributed by atoms with Gasteiger partial charge >= 0.3 is 0 Å². The molecule has 0 fully saturated rings. The van der Waals surface area contributed by atoms with E-state index in [2.05, 4.69) is 25.2 Å². The average Bonchev–Trinajstić information content (AvgIpc) is 2.75. The van der Waals surface area contributed by atoms with Crippen LogP contribution >= 0.6 is 0 Å². The molecule has 0 spiro atoms. The van der Waals surface area contributed by atoms with Gasteiger partial charge in [0.25, 0.3) is 0 Å². The Morgan fingerprint density at radius 2 is 2.06 bits per heavy atom. The first-order chi connectivity index (χ1) is 8.58. The standard InChI is InChI=1S/C14H25N3O/c1-5-16(6-2)14(18)11-17-9-7-8-13(17)10-15-12(3)4/h7-9,12,15H,5-6,10-11H2,1-4H3. The van der Waals surface area contributed by atoms with Crippen LogP contribution in [-0.4, -0.2) is 34.5 Å². The van der Waals surface area contributed by atoms with Crippen LogP contribution in [0.5, 0.6) is 0 Å². The summed E-state index contributed by atoms with van der Waals surface area (Å²) in [6.07, 6.45) is 1.97. The first-order valence-electron chi connectivity index (χ1n) is 6.73. The van der Waals surface area contributed by atoms with Gasteiger partial charge in [0.2, 0.25) is 5.91 Å². The summed E-state index contributed by atoms with van der Waals surface area (Å²) in [5.41, 5.74) is 1.16. The van der Waals surface area contributed by atoms with E-state index in [1.807, 2.05) is 35.6 Å². The molecule has 0 saturated carbocycles. The molecule has 0 radical (unpaired) electrons. The second-order valence-corrected chi connectivity index (χ2v) is 4.73. The highest BCUT2D eigenvalue weighted by Crippen LogP contribution is 2.04. The number of carbonyl (C=O) groups is 1. The maximum Gasteiger partial charge on any atom is 0.242 e. The molecule has 0 unspecified atom stereocenters. The number of likely N-dealkylation sites (N-methyl/N-ethyl adjacent to an activating group) is 1. The molecule has 0 atom stereocenters. The zero-order valence-corrected chi connectivity index (χ0v) is 11.9. The molecule has 0 aliphatic heterocycles. The highest BCUT2D eigenvalue weighted by atomic mass is 16.2. The molecule has 18 heavy (non-hydrogen) atoms. The Labute approximate surface area is 110 Å². The Hall–Kier alpha value is -1.29. The van der Waals surface area contributed by atoms with Crippen LogP contribution in [0.2, 0.25) is 0 Å². The second kappa shape index (κ2) is 7.21. The molecule has 4 heteroatoms. The van der Waals surface area contributed by atoms with Crippen molar-refractivity contribution in [2.45, 2.75) is 46.8 Å². The van der Waals surface area contributed by atoms with Crippen LogP contribution in [-0.2, 0) is 17.9 Å². The highest BCUT2D eigenvalue weighted by Gasteiger charge is 2.11. The summed E-state index contributed by atoms with van der Waals surface area (Å²) in [4.78, 5) is 13.9. The fourth-order valence-corrected chi connectivity index (χ4v) is 1.89. The Bertz CT molecular complexity index is 367. The van der Waals surface area contributed by atoms with Crippen molar-refractivity contribution in [2.75, 3.05) is 13.1 Å². The summed E-state index contributed by atoms with van der Waals surface area (Å²) < 4.78 is 2.02. The molecule has 1 aromatic heterocycles. The van der Waals surface area contributed by atoms with Crippen LogP contribution in [0.3, 0.4) is 0 Å². The van der Waals surface area contributed by atoms with Gasteiger partial charge in [-0.2, -0.15) is 0 Å². The third kappa shape index (κ3) is 4.18. The van der Waals surface area contributed by atoms with E-state index in [-0.39, 0.29) is 5.91 Å². The van der Waals surface area contributed by atoms with Crippen molar-refractivity contribution in [3.63, 3.8) is 0 Å². The van der Waals surface area contributed by atoms with Crippen molar-refractivity contribution < 1.29 is 4.79 Å². The predicted octanol–water partition coefficient (Wildman–Crippen LogP) is 1.85. The monoisotopic (exact) mass is 251 g/mol. The number of hydrogen-bond donors (Lipinski definition) is 1. The summed E-state index contributed by atoms with van der Waals surface area (Å²) in [6.45, 7) is 11.0. The van der Waals surface area contributed by atoms with E-state index < -0.39 is 0 Å². The van der Waals surface area contributed by atoms with Crippen molar-refractivity contribution >= 4 is 5.91 Å². The fourth-order valence-electron chi connectivity index (χ4n) is 1.89. The van der Waals surface area contributed by atoms with Gasteiger partial charge in [-0.1, -0.05) is 13.8 Å². The molecule has 0 aliphatic carbocycles. The van der Waals surface area contributed by atoms with Crippen molar-refractivity contribution in [1.29, 1.82) is 0 Å². The van der Waals surface area contributed by atoms with Crippen molar-refractivity contribution in [1.82, 2.24) is 14.8 Å². The van der Waals surface area contributed by atoms with Gasteiger partial charge in [-0.05, 0) is 26.0 Å². The molecule has 0 saturated heterocycles. The van der Waals surface area contributed by atoms with E-state index in [0.717, 1.165) is 25.3 Å². The molecular weight excluding hydrogens is 226 g/mol. The lowest BCUT2D eigenvalue weighted by atomic mass is 10.3. The molecule has 0 bridgehead atoms. The number of carbonyl (C=O) groups excluding carboxylic acids is 1. The minimum Gasteiger partial charge on any atom is -0.342 e. The van der Waals surface area contributed by atoms with Gasteiger partial charge in [-0.3, -0.25) is 4.79 Å². The summed E-state index contributed by atoms with van der Waals surface area (Å²) in [5, 5.41) is 3.37. The van der Waals surface area contributed by atoms with Gasteiger partial charge in [-0.25, -0.2) is 0 Å². The summed E-state index contributed by atoms with van der Waals surface area (Å²) in [5.74, 6) is 0.182. The second-order valence-electron chi connectivity index (χ2n) is 4.73. The van der Waals surface area contributed by atoms with Gasteiger partial charge in [-0.15, -0.1) is 0 Å². The number of hydrogen-bond acceptors (Lipinski definition) is 2. The molecule has 1 N–H and O–H groups in total. The normalized spacial score (nSPS) is 10.9. The van der Waals surface area contributed by atoms with Crippen LogP contribution in [0, 0.1) is 0 Å². The minimum atomic E-state index is 0.182. The third-order valence-corrected chi connectivity index (χ3v) is 3.04. The first kappa shape index (κ1) is 14.8. The summed E-state index contributed by atoms with van der Waals surface area (Å²) in [7, 11) is 0. The number of nitrogens with one attached hydrogen (secondary N) is 1. The summed E-state index contributed by atoms with van der Waals surface area (Å²) in [6, 6.07) is 4.50. The molecule has 4 nitrogen and oxygen atoms in total. The lowest BCUT2D eigenvalue weighted by molar-refractivity contribution is -0.131. The average molecular weight is 251 g/mol. The van der Waals surface area contributed by atoms with Gasteiger partial charge in [0.05, 0.1) is 0 Å². The van der Waals surface area contributed by atoms with Crippen LogP contribution < -0.4 is 5.32 Å². The van der Waals surface area contributed by atoms with Crippen molar-refractivity contribution in [3.05, 3.63) is 24.0 Å². The molecule has 0 aromatic carbocycles. The van der Waals surface area contributed by atoms with Gasteiger partial charge in [0, 0.05) is 37.6 Å². The van der Waals surface area contributed by atoms with E-state index in [0.29, 0.717) is 12.6 Å². The first-order valence-corrected chi connectivity index (χ1v) is 6.73. The number of rotatable bonds is 7. The van der Waals surface area contributed by atoms with E-state index in [1.54, 1.807) is 0 Å². The van der Waals surface area contributed by atoms with Gasteiger partial charge in [0.1, 0.15) is 6.54 Å². The Morgan fingerprint density at radius 1 is 1.39 bits per heavy atom. The Kier molecular flexibility index (Phi) is 5.92. The molecular formula is C14H25N3O.